The molecule has 0 saturated carbocycles. The molecule has 78 valence electrons. The van der Waals surface area contributed by atoms with Gasteiger partial charge in [0.1, 0.15) is 0 Å². The molecule has 1 aromatic heterocycles. The van der Waals surface area contributed by atoms with Crippen molar-refractivity contribution in [2.45, 2.75) is 13.5 Å². The molecule has 6 heteroatoms. The van der Waals surface area contributed by atoms with Crippen LogP contribution in [-0.2, 0) is 16.1 Å². The zero-order chi connectivity index (χ0) is 10.4. The lowest BCUT2D eigenvalue weighted by molar-refractivity contribution is -0.142. The predicted octanol–water partition coefficient (Wildman–Crippen LogP) is 0.0645. The summed E-state index contributed by atoms with van der Waals surface area (Å²) in [6, 6.07) is 0. The Kier molecular flexibility index (Phi) is 4.06. The Hall–Kier alpha value is -1.43. The lowest BCUT2D eigenvalue weighted by atomic mass is 10.4. The Bertz CT molecular complexity index is 273. The fraction of sp³-hybridized carbons (Fsp3) is 0.625. The molecule has 0 N–H and O–H groups in total. The average molecular weight is 199 g/mol. The molecule has 0 radical (unpaired) electrons. The minimum Gasteiger partial charge on any atom is -0.468 e. The number of rotatable bonds is 5. The number of methoxy groups -OCH3 is 1. The molecule has 1 heterocycles. The number of nitrogens with zero attached hydrogens (tertiary/aromatic N) is 3. The van der Waals surface area contributed by atoms with Crippen LogP contribution in [0.2, 0.25) is 0 Å². The third kappa shape index (κ3) is 3.14. The van der Waals surface area contributed by atoms with Gasteiger partial charge in [-0.3, -0.25) is 9.69 Å². The van der Waals surface area contributed by atoms with Gasteiger partial charge in [0.05, 0.1) is 20.2 Å². The molecule has 0 atom stereocenters. The summed E-state index contributed by atoms with van der Waals surface area (Å²) in [5.74, 6) is 0.297. The van der Waals surface area contributed by atoms with Gasteiger partial charge in [-0.25, -0.2) is 0 Å². The fourth-order valence-electron chi connectivity index (χ4n) is 0.989. The van der Waals surface area contributed by atoms with Crippen molar-refractivity contribution in [1.82, 2.24) is 15.0 Å². The summed E-state index contributed by atoms with van der Waals surface area (Å²) in [5, 5.41) is 3.66. The third-order valence-corrected chi connectivity index (χ3v) is 1.80. The highest BCUT2D eigenvalue weighted by molar-refractivity contribution is 5.71. The van der Waals surface area contributed by atoms with Gasteiger partial charge in [-0.2, -0.15) is 4.98 Å². The standard InChI is InChI=1S/C8H13N3O3/c1-3-11(5-8(12)13-2)4-7-9-6-14-10-7/h6H,3-5H2,1-2H3. The molecule has 0 unspecified atom stereocenters. The Morgan fingerprint density at radius 1 is 1.71 bits per heavy atom. The molecule has 6 nitrogen and oxygen atoms in total. The van der Waals surface area contributed by atoms with E-state index in [9.17, 15) is 4.79 Å². The van der Waals surface area contributed by atoms with Crippen molar-refractivity contribution in [3.05, 3.63) is 12.2 Å². The van der Waals surface area contributed by atoms with E-state index in [0.717, 1.165) is 6.54 Å². The number of hydrogen-bond acceptors (Lipinski definition) is 6. The predicted molar refractivity (Wildman–Crippen MR) is 47.3 cm³/mol. The molecule has 0 aliphatic carbocycles. The lowest BCUT2D eigenvalue weighted by Gasteiger charge is -2.16. The van der Waals surface area contributed by atoms with Gasteiger partial charge in [0.25, 0.3) is 0 Å². The lowest BCUT2D eigenvalue weighted by Crippen LogP contribution is -2.30. The van der Waals surface area contributed by atoms with Crippen LogP contribution in [0, 0.1) is 0 Å². The van der Waals surface area contributed by atoms with Crippen LogP contribution < -0.4 is 0 Å². The number of carbonyl (C=O) groups excluding carboxylic acids is 1. The zero-order valence-electron chi connectivity index (χ0n) is 8.27. The first-order chi connectivity index (χ1) is 6.76. The summed E-state index contributed by atoms with van der Waals surface area (Å²) in [6.07, 6.45) is 1.27. The maximum absolute atomic E-state index is 11.0. The molecule has 0 fully saturated rings. The molecule has 0 amide bonds. The normalized spacial score (nSPS) is 10.5. The Labute approximate surface area is 81.8 Å². The highest BCUT2D eigenvalue weighted by atomic mass is 16.5. The molecule has 0 spiro atoms. The van der Waals surface area contributed by atoms with Gasteiger partial charge in [0.2, 0.25) is 6.39 Å². The fourth-order valence-corrected chi connectivity index (χ4v) is 0.989. The van der Waals surface area contributed by atoms with E-state index in [2.05, 4.69) is 19.4 Å². The highest BCUT2D eigenvalue weighted by Gasteiger charge is 2.11. The van der Waals surface area contributed by atoms with E-state index in [-0.39, 0.29) is 12.5 Å². The van der Waals surface area contributed by atoms with E-state index < -0.39 is 0 Å². The van der Waals surface area contributed by atoms with Crippen molar-refractivity contribution in [3.8, 4) is 0 Å². The van der Waals surface area contributed by atoms with Crippen molar-refractivity contribution in [1.29, 1.82) is 0 Å². The van der Waals surface area contributed by atoms with Crippen molar-refractivity contribution in [2.75, 3.05) is 20.2 Å². The average Bonchev–Trinajstić information content (AvgIpc) is 2.69. The van der Waals surface area contributed by atoms with Gasteiger partial charge >= 0.3 is 5.97 Å². The Balaban J connectivity index is 2.43. The molecule has 0 bridgehead atoms. The van der Waals surface area contributed by atoms with Gasteiger partial charge < -0.3 is 9.26 Å². The van der Waals surface area contributed by atoms with Crippen LogP contribution in [0.15, 0.2) is 10.9 Å². The SMILES string of the molecule is CCN(CC(=O)OC)Cc1ncon1. The molecule has 0 aromatic carbocycles. The summed E-state index contributed by atoms with van der Waals surface area (Å²) in [5.41, 5.74) is 0. The smallest absolute Gasteiger partial charge is 0.319 e. The number of hydrogen-bond donors (Lipinski definition) is 0. The van der Waals surface area contributed by atoms with Crippen molar-refractivity contribution in [2.24, 2.45) is 0 Å². The molecule has 1 aromatic rings. The van der Waals surface area contributed by atoms with Gasteiger partial charge in [0, 0.05) is 0 Å². The van der Waals surface area contributed by atoms with Crippen LogP contribution in [0.25, 0.3) is 0 Å². The van der Waals surface area contributed by atoms with Gasteiger partial charge in [-0.1, -0.05) is 12.1 Å². The van der Waals surface area contributed by atoms with E-state index >= 15 is 0 Å². The van der Waals surface area contributed by atoms with Gasteiger partial charge in [0.15, 0.2) is 5.82 Å². The number of esters is 1. The van der Waals surface area contributed by atoms with E-state index in [0.29, 0.717) is 12.4 Å². The summed E-state index contributed by atoms with van der Waals surface area (Å²) in [7, 11) is 1.37. The van der Waals surface area contributed by atoms with Gasteiger partial charge in [-0.05, 0) is 6.54 Å². The molecule has 0 aliphatic rings. The first-order valence-corrected chi connectivity index (χ1v) is 4.30. The summed E-state index contributed by atoms with van der Waals surface area (Å²) >= 11 is 0. The maximum atomic E-state index is 11.0. The summed E-state index contributed by atoms with van der Waals surface area (Å²) in [4.78, 5) is 16.7. The van der Waals surface area contributed by atoms with Crippen LogP contribution >= 0.6 is 0 Å². The van der Waals surface area contributed by atoms with Crippen molar-refractivity contribution >= 4 is 5.97 Å². The topological polar surface area (TPSA) is 68.5 Å². The summed E-state index contributed by atoms with van der Waals surface area (Å²) < 4.78 is 9.14. The number of carbonyl (C=O) groups is 1. The largest absolute Gasteiger partial charge is 0.468 e. The minimum absolute atomic E-state index is 0.238. The summed E-state index contributed by atoms with van der Waals surface area (Å²) in [6.45, 7) is 3.40. The van der Waals surface area contributed by atoms with Crippen LogP contribution in [0.3, 0.4) is 0 Å². The molecule has 0 saturated heterocycles. The highest BCUT2D eigenvalue weighted by Crippen LogP contribution is 1.97. The quantitative estimate of drug-likeness (QED) is 0.625. The number of aromatic nitrogens is 2. The molecule has 0 aliphatic heterocycles. The number of likely N-dealkylation sites (N-methyl/N-ethyl adjacent to an activating group) is 1. The van der Waals surface area contributed by atoms with Gasteiger partial charge in [-0.15, -0.1) is 0 Å². The van der Waals surface area contributed by atoms with E-state index in [1.54, 1.807) is 0 Å². The second-order valence-electron chi connectivity index (χ2n) is 2.73. The molecular weight excluding hydrogens is 186 g/mol. The Morgan fingerprint density at radius 2 is 2.50 bits per heavy atom. The maximum Gasteiger partial charge on any atom is 0.319 e. The van der Waals surface area contributed by atoms with E-state index in [1.165, 1.54) is 13.5 Å². The minimum atomic E-state index is -0.268. The van der Waals surface area contributed by atoms with Crippen LogP contribution in [0.5, 0.6) is 0 Å². The zero-order valence-corrected chi connectivity index (χ0v) is 8.27. The number of ether oxygens (including phenoxy) is 1. The van der Waals surface area contributed by atoms with Crippen LogP contribution in [0.4, 0.5) is 0 Å². The van der Waals surface area contributed by atoms with Crippen molar-refractivity contribution < 1.29 is 14.1 Å². The second-order valence-corrected chi connectivity index (χ2v) is 2.73. The molecule has 1 rings (SSSR count). The first kappa shape index (κ1) is 10.6. The van der Waals surface area contributed by atoms with Crippen LogP contribution in [-0.4, -0.2) is 41.2 Å². The van der Waals surface area contributed by atoms with E-state index in [4.69, 9.17) is 0 Å². The first-order valence-electron chi connectivity index (χ1n) is 4.30. The van der Waals surface area contributed by atoms with Crippen LogP contribution in [0.1, 0.15) is 12.7 Å². The second kappa shape index (κ2) is 5.33. The Morgan fingerprint density at radius 3 is 3.00 bits per heavy atom. The molecular formula is C8H13N3O3. The third-order valence-electron chi connectivity index (χ3n) is 1.80. The monoisotopic (exact) mass is 199 g/mol. The van der Waals surface area contributed by atoms with Crippen molar-refractivity contribution in [3.63, 3.8) is 0 Å². The molecule has 14 heavy (non-hydrogen) atoms. The van der Waals surface area contributed by atoms with E-state index in [1.807, 2.05) is 11.8 Å².